The molecule has 1 aliphatic carbocycles. The van der Waals surface area contributed by atoms with Crippen LogP contribution in [-0.4, -0.2) is 51.2 Å². The second-order valence-electron chi connectivity index (χ2n) is 12.2. The topological polar surface area (TPSA) is 93.9 Å². The molecule has 4 aromatic rings. The van der Waals surface area contributed by atoms with Crippen LogP contribution in [0.1, 0.15) is 63.5 Å². The van der Waals surface area contributed by atoms with Crippen molar-refractivity contribution in [3.8, 4) is 28.6 Å². The molecule has 0 bridgehead atoms. The normalized spacial score (nSPS) is 17.6. The molecule has 13 heteroatoms. The van der Waals surface area contributed by atoms with Crippen LogP contribution in [0.15, 0.2) is 83.7 Å². The molecule has 2 amide bonds. The van der Waals surface area contributed by atoms with Crippen molar-refractivity contribution in [3.05, 3.63) is 89.9 Å². The van der Waals surface area contributed by atoms with Gasteiger partial charge >= 0.3 is 12.4 Å². The molecule has 1 saturated heterocycles. The number of methoxy groups -OCH3 is 1. The number of amidine groups is 1. The largest absolute Gasteiger partial charge is 0.573 e. The Morgan fingerprint density at radius 2 is 1.73 bits per heavy atom. The SMILES string of the molecule is COc1ccc(N2C(=NC(=O)NC3=C(c4ccc(-c5ncn(-c6ccc(OC(F)(F)F)cc6)n5)cc4)CCC3)SCCC2C)c(C(C)C)c1. The third-order valence-electron chi connectivity index (χ3n) is 8.52. The number of anilines is 1. The minimum atomic E-state index is -4.76. The monoisotopic (exact) mass is 690 g/mol. The Hall–Kier alpha value is -4.78. The van der Waals surface area contributed by atoms with Crippen LogP contribution >= 0.6 is 11.8 Å². The lowest BCUT2D eigenvalue weighted by Gasteiger charge is -2.37. The van der Waals surface area contributed by atoms with E-state index in [0.717, 1.165) is 70.8 Å². The highest BCUT2D eigenvalue weighted by Gasteiger charge is 2.31. The van der Waals surface area contributed by atoms with E-state index >= 15 is 0 Å². The summed E-state index contributed by atoms with van der Waals surface area (Å²) in [7, 11) is 1.66. The summed E-state index contributed by atoms with van der Waals surface area (Å²) in [4.78, 5) is 24.6. The fourth-order valence-electron chi connectivity index (χ4n) is 6.06. The van der Waals surface area contributed by atoms with Crippen molar-refractivity contribution in [2.45, 2.75) is 64.8 Å². The molecule has 0 saturated carbocycles. The summed E-state index contributed by atoms with van der Waals surface area (Å²) in [6.07, 6.45) is 0.216. The smallest absolute Gasteiger partial charge is 0.497 e. The first-order valence-electron chi connectivity index (χ1n) is 16.1. The zero-order valence-electron chi connectivity index (χ0n) is 27.6. The molecule has 1 aromatic heterocycles. The van der Waals surface area contributed by atoms with Gasteiger partial charge in [0.1, 0.15) is 17.8 Å². The summed E-state index contributed by atoms with van der Waals surface area (Å²) in [5.41, 5.74) is 6.42. The van der Waals surface area contributed by atoms with Crippen molar-refractivity contribution in [3.63, 3.8) is 0 Å². The Balaban J connectivity index is 1.18. The summed E-state index contributed by atoms with van der Waals surface area (Å²) in [5.74, 6) is 2.09. The lowest BCUT2D eigenvalue weighted by Crippen LogP contribution is -2.42. The Kier molecular flexibility index (Phi) is 10.00. The fraction of sp³-hybridized carbons (Fsp3) is 0.333. The van der Waals surface area contributed by atoms with Gasteiger partial charge in [-0.05, 0) is 97.7 Å². The molecule has 1 fully saturated rings. The standard InChI is InChI=1S/C36H37F3N6O3S/c1-22(2)30-20-28(47-4)16-17-32(30)45-23(3)18-19-49-35(45)42-34(46)41-31-7-5-6-29(31)24-8-10-25(11-9-24)33-40-21-44(43-33)26-12-14-27(15-13-26)48-36(37,38)39/h8-17,20-23H,5-7,18-19H2,1-4H3,(H,41,46). The number of nitrogens with zero attached hydrogens (tertiary/aromatic N) is 5. The van der Waals surface area contributed by atoms with Crippen molar-refractivity contribution in [2.24, 2.45) is 4.99 Å². The van der Waals surface area contributed by atoms with Crippen LogP contribution in [0.5, 0.6) is 11.5 Å². The molecule has 9 nitrogen and oxygen atoms in total. The van der Waals surface area contributed by atoms with Crippen LogP contribution in [-0.2, 0) is 0 Å². The molecule has 1 aliphatic heterocycles. The predicted molar refractivity (Wildman–Crippen MR) is 186 cm³/mol. The van der Waals surface area contributed by atoms with Gasteiger partial charge in [0, 0.05) is 28.7 Å². The molecule has 256 valence electrons. The highest BCUT2D eigenvalue weighted by molar-refractivity contribution is 8.14. The lowest BCUT2D eigenvalue weighted by atomic mass is 9.99. The third kappa shape index (κ3) is 7.93. The van der Waals surface area contributed by atoms with Crippen molar-refractivity contribution >= 4 is 34.2 Å². The van der Waals surface area contributed by atoms with Crippen LogP contribution in [0.2, 0.25) is 0 Å². The average molecular weight is 691 g/mol. The molecule has 0 spiro atoms. The minimum absolute atomic E-state index is 0.178. The second kappa shape index (κ2) is 14.4. The summed E-state index contributed by atoms with van der Waals surface area (Å²) in [5, 5.41) is 8.28. The maximum atomic E-state index is 13.4. The number of hydrogen-bond acceptors (Lipinski definition) is 6. The highest BCUT2D eigenvalue weighted by atomic mass is 32.2. The zero-order chi connectivity index (χ0) is 34.7. The van der Waals surface area contributed by atoms with Crippen molar-refractivity contribution in [2.75, 3.05) is 17.8 Å². The first-order valence-corrected chi connectivity index (χ1v) is 17.1. The maximum absolute atomic E-state index is 13.4. The van der Waals surface area contributed by atoms with E-state index in [1.165, 1.54) is 35.3 Å². The number of aromatic nitrogens is 3. The first-order chi connectivity index (χ1) is 23.5. The number of amides is 2. The number of halogens is 3. The van der Waals surface area contributed by atoms with E-state index in [1.807, 2.05) is 30.3 Å². The number of nitrogens with one attached hydrogen (secondary N) is 1. The zero-order valence-corrected chi connectivity index (χ0v) is 28.4. The minimum Gasteiger partial charge on any atom is -0.497 e. The molecular formula is C36H37F3N6O3S. The van der Waals surface area contributed by atoms with E-state index in [-0.39, 0.29) is 23.7 Å². The third-order valence-corrected chi connectivity index (χ3v) is 9.51. The van der Waals surface area contributed by atoms with Gasteiger partial charge in [-0.2, -0.15) is 4.99 Å². The van der Waals surface area contributed by atoms with Crippen LogP contribution in [0.3, 0.4) is 0 Å². The fourth-order valence-corrected chi connectivity index (χ4v) is 7.27. The van der Waals surface area contributed by atoms with Crippen molar-refractivity contribution in [1.82, 2.24) is 20.1 Å². The molecule has 49 heavy (non-hydrogen) atoms. The lowest BCUT2D eigenvalue weighted by molar-refractivity contribution is -0.274. The average Bonchev–Trinajstić information content (AvgIpc) is 3.75. The summed E-state index contributed by atoms with van der Waals surface area (Å²) >= 11 is 1.59. The van der Waals surface area contributed by atoms with Gasteiger partial charge in [0.2, 0.25) is 0 Å². The molecule has 1 unspecified atom stereocenters. The molecular weight excluding hydrogens is 653 g/mol. The molecule has 6 rings (SSSR count). The van der Waals surface area contributed by atoms with E-state index in [0.29, 0.717) is 16.7 Å². The second-order valence-corrected chi connectivity index (χ2v) is 13.3. The van der Waals surface area contributed by atoms with Crippen LogP contribution in [0.4, 0.5) is 23.7 Å². The number of hydrogen-bond donors (Lipinski definition) is 1. The Morgan fingerprint density at radius 3 is 2.43 bits per heavy atom. The van der Waals surface area contributed by atoms with E-state index in [1.54, 1.807) is 18.9 Å². The molecule has 1 N–H and O–H groups in total. The van der Waals surface area contributed by atoms with Gasteiger partial charge < -0.3 is 19.7 Å². The van der Waals surface area contributed by atoms with Gasteiger partial charge in [-0.15, -0.1) is 18.3 Å². The summed E-state index contributed by atoms with van der Waals surface area (Å²) in [6, 6.07) is 19.1. The predicted octanol–water partition coefficient (Wildman–Crippen LogP) is 8.96. The van der Waals surface area contributed by atoms with Crippen molar-refractivity contribution in [1.29, 1.82) is 0 Å². The Morgan fingerprint density at radius 1 is 1.02 bits per heavy atom. The summed E-state index contributed by atoms with van der Waals surface area (Å²) < 4.78 is 48.4. The number of thioether (sulfide) groups is 1. The quantitative estimate of drug-likeness (QED) is 0.197. The van der Waals surface area contributed by atoms with E-state index < -0.39 is 6.36 Å². The first kappa shape index (κ1) is 34.1. The number of carbonyl (C=O) groups is 1. The highest BCUT2D eigenvalue weighted by Crippen LogP contribution is 2.37. The number of aliphatic imine (C=N–C) groups is 1. The van der Waals surface area contributed by atoms with Gasteiger partial charge in [-0.25, -0.2) is 14.5 Å². The number of ether oxygens (including phenoxy) is 2. The van der Waals surface area contributed by atoms with E-state index in [2.05, 4.69) is 62.9 Å². The van der Waals surface area contributed by atoms with E-state index in [4.69, 9.17) is 4.74 Å². The van der Waals surface area contributed by atoms with Gasteiger partial charge in [0.25, 0.3) is 0 Å². The Bertz CT molecular complexity index is 1870. The number of allylic oxidation sites excluding steroid dienone is 2. The van der Waals surface area contributed by atoms with E-state index in [9.17, 15) is 18.0 Å². The number of alkyl halides is 3. The van der Waals surface area contributed by atoms with Gasteiger partial charge in [0.15, 0.2) is 11.0 Å². The van der Waals surface area contributed by atoms with Crippen LogP contribution in [0.25, 0.3) is 22.6 Å². The van der Waals surface area contributed by atoms with Crippen LogP contribution < -0.4 is 19.7 Å². The number of rotatable bonds is 8. The molecule has 0 radical (unpaired) electrons. The van der Waals surface area contributed by atoms with Crippen LogP contribution in [0, 0.1) is 0 Å². The maximum Gasteiger partial charge on any atom is 0.573 e. The van der Waals surface area contributed by atoms with Gasteiger partial charge in [-0.1, -0.05) is 49.9 Å². The molecule has 2 heterocycles. The summed E-state index contributed by atoms with van der Waals surface area (Å²) in [6.45, 7) is 6.46. The number of benzene rings is 3. The van der Waals surface area contributed by atoms with Gasteiger partial charge in [-0.3, -0.25) is 0 Å². The number of carbonyl (C=O) groups excluding carboxylic acids is 1. The number of urea groups is 1. The molecule has 1 atom stereocenters. The van der Waals surface area contributed by atoms with Crippen molar-refractivity contribution < 1.29 is 27.4 Å². The molecule has 2 aliphatic rings. The molecule has 3 aromatic carbocycles. The van der Waals surface area contributed by atoms with Gasteiger partial charge in [0.05, 0.1) is 12.8 Å². The Labute approximate surface area is 287 Å².